The molecule has 5 rings (SSSR count). The number of hydrogen-bond acceptors (Lipinski definition) is 5. The van der Waals surface area contributed by atoms with Gasteiger partial charge in [0.1, 0.15) is 11.5 Å². The number of halogens is 2. The summed E-state index contributed by atoms with van der Waals surface area (Å²) in [5.74, 6) is 0.431. The van der Waals surface area contributed by atoms with E-state index in [0.29, 0.717) is 23.5 Å². The predicted octanol–water partition coefficient (Wildman–Crippen LogP) is 6.46. The summed E-state index contributed by atoms with van der Waals surface area (Å²) in [5, 5.41) is 21.2. The molecule has 1 fully saturated rings. The van der Waals surface area contributed by atoms with E-state index in [0.717, 1.165) is 29.8 Å². The van der Waals surface area contributed by atoms with Gasteiger partial charge in [-0.25, -0.2) is 4.79 Å². The molecule has 38 heavy (non-hydrogen) atoms. The van der Waals surface area contributed by atoms with E-state index >= 15 is 0 Å². The molecule has 0 aliphatic heterocycles. The summed E-state index contributed by atoms with van der Waals surface area (Å²) in [5.41, 5.74) is 3.03. The van der Waals surface area contributed by atoms with Crippen molar-refractivity contribution in [3.8, 4) is 22.8 Å². The number of phenols is 1. The van der Waals surface area contributed by atoms with E-state index in [2.05, 4.69) is 15.7 Å². The fourth-order valence-corrected chi connectivity index (χ4v) is 4.65. The SMILES string of the molecule is COc1ccc(CNC(=O)n2nc(-c3cc(NC(=O)c4c(Cl)cccc4Cl)ccc3O)cc2C2CC2)cc1. The number of amides is 2. The third-order valence-corrected chi connectivity index (χ3v) is 6.88. The molecule has 1 aliphatic carbocycles. The van der Waals surface area contributed by atoms with Gasteiger partial charge in [-0.15, -0.1) is 0 Å². The fraction of sp³-hybridized carbons (Fsp3) is 0.179. The minimum Gasteiger partial charge on any atom is -0.507 e. The molecule has 1 aliphatic rings. The summed E-state index contributed by atoms with van der Waals surface area (Å²) in [6, 6.07) is 18.3. The highest BCUT2D eigenvalue weighted by atomic mass is 35.5. The molecule has 10 heteroatoms. The lowest BCUT2D eigenvalue weighted by Gasteiger charge is -2.10. The van der Waals surface area contributed by atoms with Gasteiger partial charge < -0.3 is 20.5 Å². The van der Waals surface area contributed by atoms with E-state index in [-0.39, 0.29) is 33.3 Å². The molecule has 0 unspecified atom stereocenters. The molecular weight excluding hydrogens is 527 g/mol. The van der Waals surface area contributed by atoms with Crippen molar-refractivity contribution in [1.82, 2.24) is 15.1 Å². The largest absolute Gasteiger partial charge is 0.507 e. The summed E-state index contributed by atoms with van der Waals surface area (Å²) in [6.07, 6.45) is 1.91. The number of carbonyl (C=O) groups is 2. The summed E-state index contributed by atoms with van der Waals surface area (Å²) in [4.78, 5) is 25.9. The average Bonchev–Trinajstić information content (AvgIpc) is 3.66. The van der Waals surface area contributed by atoms with Gasteiger partial charge in [0.25, 0.3) is 5.91 Å². The van der Waals surface area contributed by atoms with Gasteiger partial charge in [-0.3, -0.25) is 4.79 Å². The van der Waals surface area contributed by atoms with Gasteiger partial charge in [0, 0.05) is 23.7 Å². The minimum atomic E-state index is -0.487. The first-order valence-electron chi connectivity index (χ1n) is 11.9. The molecule has 3 aromatic carbocycles. The van der Waals surface area contributed by atoms with Gasteiger partial charge in [-0.2, -0.15) is 9.78 Å². The second-order valence-corrected chi connectivity index (χ2v) is 9.74. The quantitative estimate of drug-likeness (QED) is 0.229. The Hall–Kier alpha value is -4.01. The van der Waals surface area contributed by atoms with Crippen molar-refractivity contribution in [3.05, 3.63) is 93.6 Å². The van der Waals surface area contributed by atoms with Gasteiger partial charge in [-0.1, -0.05) is 41.4 Å². The average molecular weight is 551 g/mol. The maximum absolute atomic E-state index is 13.1. The number of rotatable bonds is 7. The van der Waals surface area contributed by atoms with Crippen molar-refractivity contribution < 1.29 is 19.4 Å². The van der Waals surface area contributed by atoms with Crippen LogP contribution < -0.4 is 15.4 Å². The number of methoxy groups -OCH3 is 1. The van der Waals surface area contributed by atoms with Crippen molar-refractivity contribution >= 4 is 40.8 Å². The van der Waals surface area contributed by atoms with E-state index in [1.165, 1.54) is 10.7 Å². The van der Waals surface area contributed by atoms with Crippen LogP contribution in [0.5, 0.6) is 11.5 Å². The highest BCUT2D eigenvalue weighted by Gasteiger charge is 2.31. The van der Waals surface area contributed by atoms with E-state index in [9.17, 15) is 14.7 Å². The number of nitrogens with one attached hydrogen (secondary N) is 2. The van der Waals surface area contributed by atoms with Crippen LogP contribution in [0.3, 0.4) is 0 Å². The summed E-state index contributed by atoms with van der Waals surface area (Å²) >= 11 is 12.3. The van der Waals surface area contributed by atoms with Crippen LogP contribution in [0.4, 0.5) is 10.5 Å². The molecule has 4 aromatic rings. The zero-order valence-corrected chi connectivity index (χ0v) is 21.9. The standard InChI is InChI=1S/C28H24Cl2N4O4/c1-38-19-10-5-16(6-11-19)15-31-28(37)34-24(17-7-8-17)14-23(33-34)20-13-18(9-12-25(20)35)32-27(36)26-21(29)3-2-4-22(26)30/h2-6,9-14,17,35H,7-8,15H2,1H3,(H,31,37)(H,32,36). The number of anilines is 1. The molecule has 1 aromatic heterocycles. The molecule has 194 valence electrons. The number of phenolic OH excluding ortho intramolecular Hbond substituents is 1. The number of nitrogens with zero attached hydrogens (tertiary/aromatic N) is 2. The Kier molecular flexibility index (Phi) is 7.26. The number of aromatic hydroxyl groups is 1. The van der Waals surface area contributed by atoms with Crippen molar-refractivity contribution in [2.75, 3.05) is 12.4 Å². The number of hydrogen-bond donors (Lipinski definition) is 3. The Labute approximate surface area is 229 Å². The number of carbonyl (C=O) groups excluding carboxylic acids is 2. The van der Waals surface area contributed by atoms with Gasteiger partial charge in [0.2, 0.25) is 0 Å². The Bertz CT molecular complexity index is 1490. The fourth-order valence-electron chi connectivity index (χ4n) is 4.08. The van der Waals surface area contributed by atoms with Crippen LogP contribution in [-0.2, 0) is 6.54 Å². The Morgan fingerprint density at radius 2 is 1.76 bits per heavy atom. The molecule has 1 heterocycles. The smallest absolute Gasteiger partial charge is 0.342 e. The van der Waals surface area contributed by atoms with Crippen LogP contribution in [0.15, 0.2) is 66.7 Å². The molecule has 3 N–H and O–H groups in total. The van der Waals surface area contributed by atoms with E-state index < -0.39 is 5.91 Å². The van der Waals surface area contributed by atoms with Crippen LogP contribution in [0, 0.1) is 0 Å². The van der Waals surface area contributed by atoms with Crippen molar-refractivity contribution in [3.63, 3.8) is 0 Å². The lowest BCUT2D eigenvalue weighted by molar-refractivity contribution is 0.102. The van der Waals surface area contributed by atoms with Crippen LogP contribution >= 0.6 is 23.2 Å². The second kappa shape index (κ2) is 10.8. The monoisotopic (exact) mass is 550 g/mol. The Balaban J connectivity index is 1.38. The molecule has 2 amide bonds. The summed E-state index contributed by atoms with van der Waals surface area (Å²) < 4.78 is 6.53. The Morgan fingerprint density at radius 1 is 1.05 bits per heavy atom. The first-order valence-corrected chi connectivity index (χ1v) is 12.7. The van der Waals surface area contributed by atoms with E-state index in [1.54, 1.807) is 43.5 Å². The maximum atomic E-state index is 13.1. The van der Waals surface area contributed by atoms with Gasteiger partial charge in [0.05, 0.1) is 34.1 Å². The zero-order valence-electron chi connectivity index (χ0n) is 20.4. The highest BCUT2D eigenvalue weighted by molar-refractivity contribution is 6.40. The number of aromatic nitrogens is 2. The minimum absolute atomic E-state index is 0.0376. The molecular formula is C28H24Cl2N4O4. The molecule has 8 nitrogen and oxygen atoms in total. The summed E-state index contributed by atoms with van der Waals surface area (Å²) in [6.45, 7) is 0.319. The lowest BCUT2D eigenvalue weighted by Crippen LogP contribution is -2.30. The number of benzene rings is 3. The molecule has 1 saturated carbocycles. The topological polar surface area (TPSA) is 105 Å². The highest BCUT2D eigenvalue weighted by Crippen LogP contribution is 2.42. The van der Waals surface area contributed by atoms with E-state index in [4.69, 9.17) is 27.9 Å². The normalized spacial score (nSPS) is 12.7. The second-order valence-electron chi connectivity index (χ2n) is 8.93. The summed E-state index contributed by atoms with van der Waals surface area (Å²) in [7, 11) is 1.60. The Morgan fingerprint density at radius 3 is 2.42 bits per heavy atom. The van der Waals surface area contributed by atoms with Crippen molar-refractivity contribution in [2.24, 2.45) is 0 Å². The van der Waals surface area contributed by atoms with Crippen LogP contribution in [-0.4, -0.2) is 33.9 Å². The lowest BCUT2D eigenvalue weighted by atomic mass is 10.1. The van der Waals surface area contributed by atoms with Crippen molar-refractivity contribution in [2.45, 2.75) is 25.3 Å². The molecule has 0 bridgehead atoms. The molecule has 0 radical (unpaired) electrons. The van der Waals surface area contributed by atoms with E-state index in [1.807, 2.05) is 24.3 Å². The number of ether oxygens (including phenoxy) is 1. The van der Waals surface area contributed by atoms with Gasteiger partial charge in [0.15, 0.2) is 0 Å². The zero-order chi connectivity index (χ0) is 26.8. The first kappa shape index (κ1) is 25.6. The van der Waals surface area contributed by atoms with Crippen LogP contribution in [0.25, 0.3) is 11.3 Å². The van der Waals surface area contributed by atoms with Crippen LogP contribution in [0.1, 0.15) is 40.4 Å². The molecule has 0 saturated heterocycles. The van der Waals surface area contributed by atoms with Crippen molar-refractivity contribution in [1.29, 1.82) is 0 Å². The first-order chi connectivity index (χ1) is 18.3. The van der Waals surface area contributed by atoms with Crippen LogP contribution in [0.2, 0.25) is 10.0 Å². The third kappa shape index (κ3) is 5.46. The predicted molar refractivity (Wildman–Crippen MR) is 146 cm³/mol. The van der Waals surface area contributed by atoms with Gasteiger partial charge >= 0.3 is 6.03 Å². The van der Waals surface area contributed by atoms with Gasteiger partial charge in [-0.05, 0) is 66.9 Å². The molecule has 0 atom stereocenters. The maximum Gasteiger partial charge on any atom is 0.342 e. The third-order valence-electron chi connectivity index (χ3n) is 6.25. The molecule has 0 spiro atoms.